The Morgan fingerprint density at radius 3 is 2.16 bits per heavy atom. The maximum absolute atomic E-state index is 12.2. The van der Waals surface area contributed by atoms with E-state index >= 15 is 0 Å². The molecule has 0 aliphatic heterocycles. The number of benzene rings is 1. The molecule has 1 aromatic heterocycles. The van der Waals surface area contributed by atoms with Gasteiger partial charge in [-0.3, -0.25) is 4.72 Å². The summed E-state index contributed by atoms with van der Waals surface area (Å²) < 4.78 is 31.8. The van der Waals surface area contributed by atoms with E-state index in [1.54, 1.807) is 45.2 Å². The van der Waals surface area contributed by atoms with Gasteiger partial charge in [0.2, 0.25) is 0 Å². The standard InChI is InChI=1S/C12H15N3O3S/c1-8-12(9(2)18-14-8)19(16,17)15-11-6-4-10(13-3)5-7-11/h4-7,13,15H,1-3H3. The van der Waals surface area contributed by atoms with Crippen LogP contribution in [0.1, 0.15) is 11.5 Å². The van der Waals surface area contributed by atoms with Gasteiger partial charge in [-0.15, -0.1) is 0 Å². The zero-order valence-electron chi connectivity index (χ0n) is 10.9. The first-order valence-electron chi connectivity index (χ1n) is 5.67. The average molecular weight is 281 g/mol. The monoisotopic (exact) mass is 281 g/mol. The number of hydrogen-bond donors (Lipinski definition) is 2. The molecule has 0 unspecified atom stereocenters. The van der Waals surface area contributed by atoms with E-state index in [1.165, 1.54) is 0 Å². The van der Waals surface area contributed by atoms with Crippen LogP contribution in [0.25, 0.3) is 0 Å². The molecule has 0 aliphatic rings. The fourth-order valence-electron chi connectivity index (χ4n) is 1.77. The summed E-state index contributed by atoms with van der Waals surface area (Å²) >= 11 is 0. The lowest BCUT2D eigenvalue weighted by Crippen LogP contribution is -2.14. The van der Waals surface area contributed by atoms with Gasteiger partial charge in [0.25, 0.3) is 10.0 Å². The topological polar surface area (TPSA) is 84.2 Å². The number of aromatic nitrogens is 1. The second-order valence-electron chi connectivity index (χ2n) is 4.09. The van der Waals surface area contributed by atoms with Crippen LogP contribution in [0, 0.1) is 13.8 Å². The summed E-state index contributed by atoms with van der Waals surface area (Å²) in [5, 5.41) is 6.61. The third kappa shape index (κ3) is 2.70. The van der Waals surface area contributed by atoms with Gasteiger partial charge in [0.1, 0.15) is 5.69 Å². The first kappa shape index (κ1) is 13.4. The number of hydrogen-bond acceptors (Lipinski definition) is 5. The Morgan fingerprint density at radius 2 is 1.68 bits per heavy atom. The molecule has 2 aromatic rings. The fourth-order valence-corrected chi connectivity index (χ4v) is 3.16. The van der Waals surface area contributed by atoms with Crippen LogP contribution in [-0.4, -0.2) is 20.6 Å². The number of aryl methyl sites for hydroxylation is 2. The molecular formula is C12H15N3O3S. The molecule has 2 rings (SSSR count). The lowest BCUT2D eigenvalue weighted by atomic mass is 10.3. The number of sulfonamides is 1. The Labute approximate surface area is 111 Å². The van der Waals surface area contributed by atoms with Crippen molar-refractivity contribution in [3.8, 4) is 0 Å². The van der Waals surface area contributed by atoms with E-state index in [1.807, 2.05) is 0 Å². The summed E-state index contributed by atoms with van der Waals surface area (Å²) in [6, 6.07) is 6.93. The van der Waals surface area contributed by atoms with E-state index in [4.69, 9.17) is 4.52 Å². The van der Waals surface area contributed by atoms with Gasteiger partial charge in [-0.25, -0.2) is 8.42 Å². The molecule has 0 spiro atoms. The largest absolute Gasteiger partial charge is 0.388 e. The quantitative estimate of drug-likeness (QED) is 0.897. The first-order chi connectivity index (χ1) is 8.94. The van der Waals surface area contributed by atoms with Gasteiger partial charge >= 0.3 is 0 Å². The van der Waals surface area contributed by atoms with Crippen molar-refractivity contribution >= 4 is 21.4 Å². The van der Waals surface area contributed by atoms with Crippen molar-refractivity contribution < 1.29 is 12.9 Å². The minimum atomic E-state index is -3.68. The molecule has 102 valence electrons. The SMILES string of the molecule is CNc1ccc(NS(=O)(=O)c2c(C)noc2C)cc1. The Bertz CT molecular complexity index is 655. The van der Waals surface area contributed by atoms with E-state index in [0.29, 0.717) is 11.4 Å². The van der Waals surface area contributed by atoms with Gasteiger partial charge < -0.3 is 9.84 Å². The zero-order chi connectivity index (χ0) is 14.0. The van der Waals surface area contributed by atoms with Crippen LogP contribution in [0.15, 0.2) is 33.7 Å². The predicted molar refractivity (Wildman–Crippen MR) is 72.8 cm³/mol. The molecule has 0 saturated heterocycles. The van der Waals surface area contributed by atoms with Crippen LogP contribution in [0.5, 0.6) is 0 Å². The molecule has 0 fully saturated rings. The molecule has 0 radical (unpaired) electrons. The molecular weight excluding hydrogens is 266 g/mol. The highest BCUT2D eigenvalue weighted by molar-refractivity contribution is 7.92. The Balaban J connectivity index is 2.31. The van der Waals surface area contributed by atoms with Crippen LogP contribution >= 0.6 is 0 Å². The van der Waals surface area contributed by atoms with Crippen molar-refractivity contribution in [2.24, 2.45) is 0 Å². The number of rotatable bonds is 4. The second kappa shape index (κ2) is 4.93. The summed E-state index contributed by atoms with van der Waals surface area (Å²) in [6.07, 6.45) is 0. The molecule has 1 heterocycles. The normalized spacial score (nSPS) is 11.3. The fraction of sp³-hybridized carbons (Fsp3) is 0.250. The summed E-state index contributed by atoms with van der Waals surface area (Å²) in [4.78, 5) is 0.0881. The summed E-state index contributed by atoms with van der Waals surface area (Å²) in [6.45, 7) is 3.16. The summed E-state index contributed by atoms with van der Waals surface area (Å²) in [7, 11) is -1.88. The molecule has 7 heteroatoms. The summed E-state index contributed by atoms with van der Waals surface area (Å²) in [5.74, 6) is 0.275. The Kier molecular flexibility index (Phi) is 3.48. The zero-order valence-corrected chi connectivity index (χ0v) is 11.7. The van der Waals surface area contributed by atoms with Gasteiger partial charge in [-0.1, -0.05) is 5.16 Å². The van der Waals surface area contributed by atoms with Crippen molar-refractivity contribution in [2.45, 2.75) is 18.7 Å². The lowest BCUT2D eigenvalue weighted by molar-refractivity contribution is 0.390. The highest BCUT2D eigenvalue weighted by Crippen LogP contribution is 2.22. The van der Waals surface area contributed by atoms with Crippen LogP contribution in [0.2, 0.25) is 0 Å². The molecule has 0 amide bonds. The molecule has 19 heavy (non-hydrogen) atoms. The Morgan fingerprint density at radius 1 is 1.11 bits per heavy atom. The van der Waals surface area contributed by atoms with E-state index in [2.05, 4.69) is 15.2 Å². The Hall–Kier alpha value is -2.02. The second-order valence-corrected chi connectivity index (χ2v) is 5.71. The van der Waals surface area contributed by atoms with Crippen molar-refractivity contribution in [1.82, 2.24) is 5.16 Å². The minimum absolute atomic E-state index is 0.0881. The molecule has 0 saturated carbocycles. The van der Waals surface area contributed by atoms with Gasteiger partial charge in [0.05, 0.1) is 0 Å². The summed E-state index contributed by atoms with van der Waals surface area (Å²) in [5.41, 5.74) is 1.73. The highest BCUT2D eigenvalue weighted by atomic mass is 32.2. The minimum Gasteiger partial charge on any atom is -0.388 e. The third-order valence-corrected chi connectivity index (χ3v) is 4.29. The molecule has 2 N–H and O–H groups in total. The third-order valence-electron chi connectivity index (χ3n) is 2.66. The molecule has 0 aliphatic carbocycles. The van der Waals surface area contributed by atoms with E-state index in [9.17, 15) is 8.42 Å². The van der Waals surface area contributed by atoms with Crippen LogP contribution in [0.3, 0.4) is 0 Å². The van der Waals surface area contributed by atoms with Gasteiger partial charge in [-0.2, -0.15) is 0 Å². The number of nitrogens with zero attached hydrogens (tertiary/aromatic N) is 1. The van der Waals surface area contributed by atoms with E-state index in [0.717, 1.165) is 5.69 Å². The van der Waals surface area contributed by atoms with Crippen LogP contribution in [-0.2, 0) is 10.0 Å². The van der Waals surface area contributed by atoms with Crippen molar-refractivity contribution in [3.63, 3.8) is 0 Å². The van der Waals surface area contributed by atoms with Crippen molar-refractivity contribution in [3.05, 3.63) is 35.7 Å². The number of anilines is 2. The average Bonchev–Trinajstić information content (AvgIpc) is 2.70. The maximum Gasteiger partial charge on any atom is 0.267 e. The van der Waals surface area contributed by atoms with Gasteiger partial charge in [-0.05, 0) is 38.1 Å². The van der Waals surface area contributed by atoms with Crippen molar-refractivity contribution in [1.29, 1.82) is 0 Å². The van der Waals surface area contributed by atoms with Gasteiger partial charge in [0.15, 0.2) is 10.7 Å². The molecule has 6 nitrogen and oxygen atoms in total. The van der Waals surface area contributed by atoms with E-state index < -0.39 is 10.0 Å². The molecule has 0 bridgehead atoms. The lowest BCUT2D eigenvalue weighted by Gasteiger charge is -2.08. The first-order valence-corrected chi connectivity index (χ1v) is 7.16. The van der Waals surface area contributed by atoms with Crippen molar-refractivity contribution in [2.75, 3.05) is 17.1 Å². The molecule has 0 atom stereocenters. The predicted octanol–water partition coefficient (Wildman–Crippen LogP) is 2.13. The number of nitrogens with one attached hydrogen (secondary N) is 2. The highest BCUT2D eigenvalue weighted by Gasteiger charge is 2.24. The maximum atomic E-state index is 12.2. The van der Waals surface area contributed by atoms with Crippen LogP contribution < -0.4 is 10.0 Å². The molecule has 1 aromatic carbocycles. The van der Waals surface area contributed by atoms with Crippen LogP contribution in [0.4, 0.5) is 11.4 Å². The van der Waals surface area contributed by atoms with Gasteiger partial charge in [0, 0.05) is 18.4 Å². The van der Waals surface area contributed by atoms with E-state index in [-0.39, 0.29) is 10.7 Å². The smallest absolute Gasteiger partial charge is 0.267 e.